The predicted molar refractivity (Wildman–Crippen MR) is 151 cm³/mol. The summed E-state index contributed by atoms with van der Waals surface area (Å²) >= 11 is 7.82. The van der Waals surface area contributed by atoms with Gasteiger partial charge in [0.05, 0.1) is 5.75 Å². The number of carbonyl (C=O) groups excluding carboxylic acids is 2. The third-order valence-corrected chi connectivity index (χ3v) is 7.29. The van der Waals surface area contributed by atoms with Crippen LogP contribution in [0.15, 0.2) is 78.9 Å². The van der Waals surface area contributed by atoms with Crippen molar-refractivity contribution >= 4 is 35.2 Å². The fourth-order valence-electron chi connectivity index (χ4n) is 4.00. The smallest absolute Gasteiger partial charge is 0.243 e. The summed E-state index contributed by atoms with van der Waals surface area (Å²) in [5.74, 6) is 0.865. The summed E-state index contributed by atoms with van der Waals surface area (Å²) in [6.45, 7) is 5.10. The molecule has 0 aromatic heterocycles. The van der Waals surface area contributed by atoms with Gasteiger partial charge in [0.25, 0.3) is 0 Å². The minimum Gasteiger partial charge on any atom is -0.354 e. The van der Waals surface area contributed by atoms with Gasteiger partial charge in [-0.25, -0.2) is 0 Å². The number of benzene rings is 3. The van der Waals surface area contributed by atoms with Gasteiger partial charge in [-0.2, -0.15) is 0 Å². The predicted octanol–water partition coefficient (Wildman–Crippen LogP) is 6.44. The first-order valence-corrected chi connectivity index (χ1v) is 14.0. The lowest BCUT2D eigenvalue weighted by molar-refractivity contribution is -0.139. The molecule has 0 aliphatic heterocycles. The summed E-state index contributed by atoms with van der Waals surface area (Å²) < 4.78 is 0. The van der Waals surface area contributed by atoms with Gasteiger partial charge < -0.3 is 10.2 Å². The van der Waals surface area contributed by atoms with Crippen LogP contribution in [-0.4, -0.2) is 35.1 Å². The Balaban J connectivity index is 1.84. The number of rotatable bonds is 13. The SMILES string of the molecule is CCCCNC(=O)[C@H](Cc1ccccc1)N(Cc1cccc(Cl)c1)C(=O)CSCc1ccccc1C. The zero-order chi connectivity index (χ0) is 25.8. The molecule has 1 N–H and O–H groups in total. The van der Waals surface area contributed by atoms with E-state index < -0.39 is 6.04 Å². The normalized spacial score (nSPS) is 11.6. The van der Waals surface area contributed by atoms with Crippen molar-refractivity contribution in [1.29, 1.82) is 0 Å². The highest BCUT2D eigenvalue weighted by Gasteiger charge is 2.30. The van der Waals surface area contributed by atoms with Crippen molar-refractivity contribution < 1.29 is 9.59 Å². The van der Waals surface area contributed by atoms with Crippen LogP contribution < -0.4 is 5.32 Å². The molecule has 0 saturated heterocycles. The van der Waals surface area contributed by atoms with E-state index in [0.717, 1.165) is 29.7 Å². The van der Waals surface area contributed by atoms with E-state index in [2.05, 4.69) is 31.3 Å². The molecule has 4 nitrogen and oxygen atoms in total. The monoisotopic (exact) mass is 522 g/mol. The summed E-state index contributed by atoms with van der Waals surface area (Å²) in [6.07, 6.45) is 2.34. The number of hydrogen-bond acceptors (Lipinski definition) is 3. The maximum Gasteiger partial charge on any atom is 0.243 e. The number of halogens is 1. The lowest BCUT2D eigenvalue weighted by Crippen LogP contribution is -2.51. The van der Waals surface area contributed by atoms with E-state index in [1.165, 1.54) is 11.1 Å². The molecule has 190 valence electrons. The molecule has 0 unspecified atom stereocenters. The first-order chi connectivity index (χ1) is 17.5. The Hall–Kier alpha value is -2.76. The molecule has 36 heavy (non-hydrogen) atoms. The first-order valence-electron chi connectivity index (χ1n) is 12.5. The number of carbonyl (C=O) groups is 2. The maximum absolute atomic E-state index is 13.7. The van der Waals surface area contributed by atoms with Crippen molar-refractivity contribution in [3.8, 4) is 0 Å². The molecule has 0 aliphatic carbocycles. The second-order valence-electron chi connectivity index (χ2n) is 8.92. The van der Waals surface area contributed by atoms with Crippen LogP contribution in [0.4, 0.5) is 0 Å². The van der Waals surface area contributed by atoms with Gasteiger partial charge >= 0.3 is 0 Å². The van der Waals surface area contributed by atoms with Gasteiger partial charge in [-0.15, -0.1) is 11.8 Å². The minimum absolute atomic E-state index is 0.0554. The molecule has 0 bridgehead atoms. The molecule has 0 fully saturated rings. The summed E-state index contributed by atoms with van der Waals surface area (Å²) in [7, 11) is 0. The summed E-state index contributed by atoms with van der Waals surface area (Å²) in [6, 6.07) is 25.0. The topological polar surface area (TPSA) is 49.4 Å². The Labute approximate surface area is 224 Å². The first kappa shape index (κ1) is 27.8. The van der Waals surface area contributed by atoms with Crippen LogP contribution in [0.3, 0.4) is 0 Å². The van der Waals surface area contributed by atoms with E-state index in [0.29, 0.717) is 30.3 Å². The Morgan fingerprint density at radius 1 is 0.972 bits per heavy atom. The summed E-state index contributed by atoms with van der Waals surface area (Å²) in [5, 5.41) is 3.67. The molecule has 3 rings (SSSR count). The third-order valence-electron chi connectivity index (χ3n) is 6.09. The van der Waals surface area contributed by atoms with Crippen molar-refractivity contribution in [1.82, 2.24) is 10.2 Å². The number of aryl methyl sites for hydroxylation is 1. The average molecular weight is 523 g/mol. The van der Waals surface area contributed by atoms with Crippen molar-refractivity contribution in [3.05, 3.63) is 106 Å². The fraction of sp³-hybridized carbons (Fsp3) is 0.333. The Morgan fingerprint density at radius 2 is 1.69 bits per heavy atom. The van der Waals surface area contributed by atoms with E-state index in [1.54, 1.807) is 16.7 Å². The quantitative estimate of drug-likeness (QED) is 0.263. The van der Waals surface area contributed by atoms with Crippen LogP contribution in [0.2, 0.25) is 5.02 Å². The maximum atomic E-state index is 13.7. The van der Waals surface area contributed by atoms with E-state index in [1.807, 2.05) is 66.7 Å². The van der Waals surface area contributed by atoms with E-state index in [-0.39, 0.29) is 11.8 Å². The standard InChI is InChI=1S/C30H35ClN2O2S/c1-3-4-17-32-30(35)28(19-24-12-6-5-7-13-24)33(20-25-14-10-16-27(31)18-25)29(34)22-36-21-26-15-9-8-11-23(26)2/h5-16,18,28H,3-4,17,19-22H2,1-2H3,(H,32,35)/t28-/m0/s1. The molecule has 0 heterocycles. The molecule has 0 spiro atoms. The number of nitrogens with zero attached hydrogens (tertiary/aromatic N) is 1. The Bertz CT molecular complexity index is 1120. The van der Waals surface area contributed by atoms with E-state index in [4.69, 9.17) is 11.6 Å². The molecule has 0 radical (unpaired) electrons. The largest absolute Gasteiger partial charge is 0.354 e. The third kappa shape index (κ3) is 8.72. The average Bonchev–Trinajstić information content (AvgIpc) is 2.88. The molecule has 6 heteroatoms. The molecule has 3 aromatic carbocycles. The number of amides is 2. The molecule has 3 aromatic rings. The van der Waals surface area contributed by atoms with Crippen molar-refractivity contribution in [2.75, 3.05) is 12.3 Å². The van der Waals surface area contributed by atoms with E-state index >= 15 is 0 Å². The lowest BCUT2D eigenvalue weighted by atomic mass is 10.0. The Morgan fingerprint density at radius 3 is 2.42 bits per heavy atom. The van der Waals surface area contributed by atoms with Gasteiger partial charge in [-0.05, 0) is 47.7 Å². The molecule has 0 aliphatic rings. The number of nitrogens with one attached hydrogen (secondary N) is 1. The van der Waals surface area contributed by atoms with Gasteiger partial charge in [0.1, 0.15) is 6.04 Å². The fourth-order valence-corrected chi connectivity index (χ4v) is 5.19. The van der Waals surface area contributed by atoms with Crippen LogP contribution in [0.1, 0.15) is 42.0 Å². The second kappa shape index (κ2) is 14.7. The van der Waals surface area contributed by atoms with Gasteiger partial charge in [0.15, 0.2) is 0 Å². The number of unbranched alkanes of at least 4 members (excludes halogenated alkanes) is 1. The van der Waals surface area contributed by atoms with Crippen molar-refractivity contribution in [2.45, 2.75) is 51.4 Å². The summed E-state index contributed by atoms with van der Waals surface area (Å²) in [5.41, 5.74) is 4.35. The van der Waals surface area contributed by atoms with Crippen LogP contribution in [-0.2, 0) is 28.3 Å². The number of hydrogen-bond donors (Lipinski definition) is 1. The van der Waals surface area contributed by atoms with Crippen LogP contribution in [0.5, 0.6) is 0 Å². The van der Waals surface area contributed by atoms with Crippen LogP contribution in [0.25, 0.3) is 0 Å². The van der Waals surface area contributed by atoms with Crippen LogP contribution >= 0.6 is 23.4 Å². The van der Waals surface area contributed by atoms with Crippen molar-refractivity contribution in [3.63, 3.8) is 0 Å². The lowest BCUT2D eigenvalue weighted by Gasteiger charge is -2.31. The van der Waals surface area contributed by atoms with Crippen molar-refractivity contribution in [2.24, 2.45) is 0 Å². The summed E-state index contributed by atoms with van der Waals surface area (Å²) in [4.78, 5) is 28.8. The molecule has 2 amide bonds. The zero-order valence-electron chi connectivity index (χ0n) is 21.1. The second-order valence-corrected chi connectivity index (χ2v) is 10.3. The molecular weight excluding hydrogens is 488 g/mol. The van der Waals surface area contributed by atoms with Gasteiger partial charge in [-0.1, -0.05) is 91.7 Å². The highest BCUT2D eigenvalue weighted by atomic mass is 35.5. The molecule has 1 atom stereocenters. The van der Waals surface area contributed by atoms with E-state index in [9.17, 15) is 9.59 Å². The van der Waals surface area contributed by atoms with Gasteiger partial charge in [-0.3, -0.25) is 9.59 Å². The molecular formula is C30H35ClN2O2S. The minimum atomic E-state index is -0.616. The van der Waals surface area contributed by atoms with Gasteiger partial charge in [0, 0.05) is 30.3 Å². The molecule has 0 saturated carbocycles. The van der Waals surface area contributed by atoms with Gasteiger partial charge in [0.2, 0.25) is 11.8 Å². The highest BCUT2D eigenvalue weighted by Crippen LogP contribution is 2.21. The number of thioether (sulfide) groups is 1. The van der Waals surface area contributed by atoms with Crippen LogP contribution in [0, 0.1) is 6.92 Å². The highest BCUT2D eigenvalue weighted by molar-refractivity contribution is 7.99. The Kier molecular flexibility index (Phi) is 11.4. The zero-order valence-corrected chi connectivity index (χ0v) is 22.7.